The molecule has 0 spiro atoms. The number of nitrogens with zero attached hydrogens (tertiary/aromatic N) is 2. The lowest BCUT2D eigenvalue weighted by atomic mass is 10.1. The Hall–Kier alpha value is -2.96. The second kappa shape index (κ2) is 8.59. The quantitative estimate of drug-likeness (QED) is 0.726. The summed E-state index contributed by atoms with van der Waals surface area (Å²) < 4.78 is 7.11. The van der Waals surface area contributed by atoms with E-state index in [2.05, 4.69) is 10.2 Å². The molecule has 0 aliphatic carbocycles. The first-order chi connectivity index (χ1) is 14.1. The van der Waals surface area contributed by atoms with Crippen molar-refractivity contribution in [2.24, 2.45) is 0 Å². The van der Waals surface area contributed by atoms with Gasteiger partial charge in [-0.1, -0.05) is 23.8 Å². The SMILES string of the molecule is Cc1cccc(C(=O)Nc2cccc3c(=O)n(CCN4CCOCC4)ccc23)c1. The molecule has 0 bridgehead atoms. The number of benzene rings is 2. The number of morpholine rings is 1. The summed E-state index contributed by atoms with van der Waals surface area (Å²) in [6.45, 7) is 6.70. The van der Waals surface area contributed by atoms with Gasteiger partial charge in [-0.15, -0.1) is 0 Å². The van der Waals surface area contributed by atoms with Gasteiger partial charge in [0.15, 0.2) is 0 Å². The number of hydrogen-bond donors (Lipinski definition) is 1. The molecule has 1 saturated heterocycles. The monoisotopic (exact) mass is 391 g/mol. The third-order valence-electron chi connectivity index (χ3n) is 5.31. The minimum absolute atomic E-state index is 0.0394. The van der Waals surface area contributed by atoms with Gasteiger partial charge >= 0.3 is 0 Å². The molecule has 4 rings (SSSR count). The molecule has 1 amide bonds. The number of hydrogen-bond acceptors (Lipinski definition) is 4. The minimum atomic E-state index is -0.183. The zero-order valence-corrected chi connectivity index (χ0v) is 16.6. The van der Waals surface area contributed by atoms with E-state index in [1.807, 2.05) is 55.6 Å². The van der Waals surface area contributed by atoms with E-state index in [0.717, 1.165) is 43.8 Å². The number of rotatable bonds is 5. The maximum atomic E-state index is 13.0. The summed E-state index contributed by atoms with van der Waals surface area (Å²) in [5.41, 5.74) is 2.23. The van der Waals surface area contributed by atoms with E-state index >= 15 is 0 Å². The average Bonchev–Trinajstić information content (AvgIpc) is 2.74. The van der Waals surface area contributed by atoms with Crippen molar-refractivity contribution in [2.45, 2.75) is 13.5 Å². The number of anilines is 1. The van der Waals surface area contributed by atoms with Crippen molar-refractivity contribution < 1.29 is 9.53 Å². The average molecular weight is 391 g/mol. The molecule has 0 unspecified atom stereocenters. The van der Waals surface area contributed by atoms with Crippen molar-refractivity contribution in [3.8, 4) is 0 Å². The molecule has 2 heterocycles. The highest BCUT2D eigenvalue weighted by molar-refractivity contribution is 6.09. The van der Waals surface area contributed by atoms with E-state index in [9.17, 15) is 9.59 Å². The Bertz CT molecular complexity index is 1080. The van der Waals surface area contributed by atoms with Gasteiger partial charge in [0.25, 0.3) is 11.5 Å². The van der Waals surface area contributed by atoms with E-state index in [-0.39, 0.29) is 11.5 Å². The molecule has 0 saturated carbocycles. The third-order valence-corrected chi connectivity index (χ3v) is 5.31. The van der Waals surface area contributed by atoms with Crippen LogP contribution in [-0.4, -0.2) is 48.2 Å². The number of nitrogens with one attached hydrogen (secondary N) is 1. The number of ether oxygens (including phenoxy) is 1. The molecule has 1 fully saturated rings. The topological polar surface area (TPSA) is 63.6 Å². The standard InChI is InChI=1S/C23H25N3O3/c1-17-4-2-5-18(16-17)22(27)24-21-7-3-6-20-19(21)8-9-26(23(20)28)11-10-25-12-14-29-15-13-25/h2-9,16H,10-15H2,1H3,(H,24,27). The molecule has 0 atom stereocenters. The van der Waals surface area contributed by atoms with Gasteiger partial charge in [-0.3, -0.25) is 14.5 Å². The van der Waals surface area contributed by atoms with Gasteiger partial charge in [-0.25, -0.2) is 0 Å². The molecule has 150 valence electrons. The summed E-state index contributed by atoms with van der Waals surface area (Å²) in [5.74, 6) is -0.183. The van der Waals surface area contributed by atoms with Crippen LogP contribution >= 0.6 is 0 Å². The van der Waals surface area contributed by atoms with E-state index in [1.54, 1.807) is 10.6 Å². The van der Waals surface area contributed by atoms with E-state index < -0.39 is 0 Å². The number of pyridine rings is 1. The van der Waals surface area contributed by atoms with Gasteiger partial charge in [0.2, 0.25) is 0 Å². The third kappa shape index (κ3) is 4.39. The fourth-order valence-corrected chi connectivity index (χ4v) is 3.66. The van der Waals surface area contributed by atoms with Crippen molar-refractivity contribution >= 4 is 22.4 Å². The molecule has 29 heavy (non-hydrogen) atoms. The maximum absolute atomic E-state index is 13.0. The van der Waals surface area contributed by atoms with Crippen LogP contribution in [0.4, 0.5) is 5.69 Å². The van der Waals surface area contributed by atoms with Gasteiger partial charge < -0.3 is 14.6 Å². The Balaban J connectivity index is 1.56. The lowest BCUT2D eigenvalue weighted by molar-refractivity contribution is 0.0363. The number of carbonyl (C=O) groups excluding carboxylic acids is 1. The zero-order valence-electron chi connectivity index (χ0n) is 16.6. The molecule has 1 N–H and O–H groups in total. The van der Waals surface area contributed by atoms with Crippen LogP contribution in [0.25, 0.3) is 10.8 Å². The lowest BCUT2D eigenvalue weighted by Gasteiger charge is -2.26. The molecule has 6 heteroatoms. The van der Waals surface area contributed by atoms with E-state index in [4.69, 9.17) is 4.74 Å². The Morgan fingerprint density at radius 3 is 2.62 bits per heavy atom. The number of carbonyl (C=O) groups is 1. The Kier molecular flexibility index (Phi) is 5.74. The van der Waals surface area contributed by atoms with Crippen LogP contribution in [0, 0.1) is 6.92 Å². The Labute approximate surface area is 169 Å². The summed E-state index contributed by atoms with van der Waals surface area (Å²) >= 11 is 0. The fraction of sp³-hybridized carbons (Fsp3) is 0.304. The summed E-state index contributed by atoms with van der Waals surface area (Å²) in [7, 11) is 0. The summed E-state index contributed by atoms with van der Waals surface area (Å²) in [5, 5.41) is 4.31. The van der Waals surface area contributed by atoms with Crippen LogP contribution in [0.3, 0.4) is 0 Å². The second-order valence-corrected chi connectivity index (χ2v) is 7.36. The van der Waals surface area contributed by atoms with Crippen LogP contribution in [0.1, 0.15) is 15.9 Å². The Morgan fingerprint density at radius 1 is 1.03 bits per heavy atom. The molecule has 3 aromatic rings. The van der Waals surface area contributed by atoms with Gasteiger partial charge in [-0.2, -0.15) is 0 Å². The lowest BCUT2D eigenvalue weighted by Crippen LogP contribution is -2.39. The predicted octanol–water partition coefficient (Wildman–Crippen LogP) is 2.89. The molecule has 0 radical (unpaired) electrons. The normalized spacial score (nSPS) is 14.8. The highest BCUT2D eigenvalue weighted by Gasteiger charge is 2.13. The number of aromatic nitrogens is 1. The summed E-state index contributed by atoms with van der Waals surface area (Å²) in [4.78, 5) is 27.9. The fourth-order valence-electron chi connectivity index (χ4n) is 3.66. The van der Waals surface area contributed by atoms with Gasteiger partial charge in [0.1, 0.15) is 0 Å². The molecular weight excluding hydrogens is 366 g/mol. The smallest absolute Gasteiger partial charge is 0.258 e. The molecule has 1 aliphatic heterocycles. The molecule has 6 nitrogen and oxygen atoms in total. The van der Waals surface area contributed by atoms with Gasteiger partial charge in [-0.05, 0) is 37.3 Å². The van der Waals surface area contributed by atoms with Crippen LogP contribution in [0.5, 0.6) is 0 Å². The first-order valence-corrected chi connectivity index (χ1v) is 9.92. The molecular formula is C23H25N3O3. The number of amides is 1. The largest absolute Gasteiger partial charge is 0.379 e. The predicted molar refractivity (Wildman–Crippen MR) is 115 cm³/mol. The Morgan fingerprint density at radius 2 is 1.83 bits per heavy atom. The second-order valence-electron chi connectivity index (χ2n) is 7.36. The van der Waals surface area contributed by atoms with E-state index in [1.165, 1.54) is 0 Å². The van der Waals surface area contributed by atoms with E-state index in [0.29, 0.717) is 23.2 Å². The van der Waals surface area contributed by atoms with Crippen LogP contribution in [-0.2, 0) is 11.3 Å². The van der Waals surface area contributed by atoms with Crippen molar-refractivity contribution in [2.75, 3.05) is 38.2 Å². The maximum Gasteiger partial charge on any atom is 0.258 e. The van der Waals surface area contributed by atoms with Gasteiger partial charge in [0, 0.05) is 54.4 Å². The number of fused-ring (bicyclic) bond motifs is 1. The van der Waals surface area contributed by atoms with Crippen LogP contribution in [0.15, 0.2) is 59.5 Å². The van der Waals surface area contributed by atoms with Crippen LogP contribution < -0.4 is 10.9 Å². The first-order valence-electron chi connectivity index (χ1n) is 9.92. The summed E-state index contributed by atoms with van der Waals surface area (Å²) in [6, 6.07) is 14.8. The number of aryl methyl sites for hydroxylation is 1. The van der Waals surface area contributed by atoms with Gasteiger partial charge in [0.05, 0.1) is 13.2 Å². The van der Waals surface area contributed by atoms with Crippen molar-refractivity contribution in [3.05, 3.63) is 76.2 Å². The van der Waals surface area contributed by atoms with Crippen LogP contribution in [0.2, 0.25) is 0 Å². The highest BCUT2D eigenvalue weighted by Crippen LogP contribution is 2.21. The summed E-state index contributed by atoms with van der Waals surface area (Å²) in [6.07, 6.45) is 1.81. The van der Waals surface area contributed by atoms with Crippen molar-refractivity contribution in [1.29, 1.82) is 0 Å². The van der Waals surface area contributed by atoms with Crippen molar-refractivity contribution in [1.82, 2.24) is 9.47 Å². The molecule has 1 aliphatic rings. The molecule has 1 aromatic heterocycles. The minimum Gasteiger partial charge on any atom is -0.379 e. The first kappa shape index (κ1) is 19.4. The zero-order chi connectivity index (χ0) is 20.2. The highest BCUT2D eigenvalue weighted by atomic mass is 16.5. The molecule has 2 aromatic carbocycles. The van der Waals surface area contributed by atoms with Crippen molar-refractivity contribution in [3.63, 3.8) is 0 Å².